The molecule has 8 heteroatoms. The summed E-state index contributed by atoms with van der Waals surface area (Å²) in [6.45, 7) is 3.81. The predicted molar refractivity (Wildman–Crippen MR) is 100 cm³/mol. The highest BCUT2D eigenvalue weighted by atomic mass is 32.2. The monoisotopic (exact) mass is 385 g/mol. The summed E-state index contributed by atoms with van der Waals surface area (Å²) in [5, 5.41) is 3.45. The van der Waals surface area contributed by atoms with Gasteiger partial charge in [-0.1, -0.05) is 31.0 Å². The Morgan fingerprint density at radius 2 is 2.00 bits per heavy atom. The summed E-state index contributed by atoms with van der Waals surface area (Å²) in [6, 6.07) is 3.41. The molecule has 1 amide bonds. The van der Waals surface area contributed by atoms with Gasteiger partial charge < -0.3 is 5.32 Å². The molecular weight excluding hydrogens is 358 g/mol. The third kappa shape index (κ3) is 5.69. The van der Waals surface area contributed by atoms with Gasteiger partial charge in [-0.25, -0.2) is 13.4 Å². The first-order chi connectivity index (χ1) is 11.8. The van der Waals surface area contributed by atoms with Crippen LogP contribution in [0.5, 0.6) is 0 Å². The summed E-state index contributed by atoms with van der Waals surface area (Å²) in [4.78, 5) is 16.1. The van der Waals surface area contributed by atoms with Crippen LogP contribution in [-0.2, 0) is 14.8 Å². The second kappa shape index (κ2) is 9.00. The van der Waals surface area contributed by atoms with E-state index in [2.05, 4.69) is 10.3 Å². The number of thioether (sulfide) groups is 1. The first-order valence-electron chi connectivity index (χ1n) is 8.67. The van der Waals surface area contributed by atoms with Gasteiger partial charge in [0.05, 0.1) is 10.8 Å². The Kier molecular flexibility index (Phi) is 7.27. The molecule has 1 N–H and O–H groups in total. The molecule has 0 atom stereocenters. The van der Waals surface area contributed by atoms with Gasteiger partial charge in [0.15, 0.2) is 0 Å². The van der Waals surface area contributed by atoms with Crippen molar-refractivity contribution < 1.29 is 13.2 Å². The Hall–Kier alpha value is -1.12. The van der Waals surface area contributed by atoms with Crippen LogP contribution in [0.2, 0.25) is 0 Å². The molecule has 140 valence electrons. The molecule has 1 fully saturated rings. The Balaban J connectivity index is 1.99. The smallest absolute Gasteiger partial charge is 0.244 e. The highest BCUT2D eigenvalue weighted by molar-refractivity contribution is 7.99. The lowest BCUT2D eigenvalue weighted by Gasteiger charge is -2.30. The highest BCUT2D eigenvalue weighted by Gasteiger charge is 2.29. The van der Waals surface area contributed by atoms with Gasteiger partial charge >= 0.3 is 0 Å². The first-order valence-corrected chi connectivity index (χ1v) is 11.1. The van der Waals surface area contributed by atoms with E-state index in [1.54, 1.807) is 19.2 Å². The zero-order chi connectivity index (χ0) is 18.4. The van der Waals surface area contributed by atoms with Crippen LogP contribution in [0.25, 0.3) is 0 Å². The maximum atomic E-state index is 12.7. The Bertz CT molecular complexity index is 669. The topological polar surface area (TPSA) is 79.4 Å². The lowest BCUT2D eigenvalue weighted by atomic mass is 9.96. The van der Waals surface area contributed by atoms with Crippen molar-refractivity contribution in [3.63, 3.8) is 0 Å². The fourth-order valence-electron chi connectivity index (χ4n) is 2.91. The molecule has 1 saturated carbocycles. The van der Waals surface area contributed by atoms with Crippen LogP contribution in [0.4, 0.5) is 0 Å². The van der Waals surface area contributed by atoms with E-state index in [-0.39, 0.29) is 28.6 Å². The van der Waals surface area contributed by atoms with Gasteiger partial charge in [0, 0.05) is 25.3 Å². The molecule has 0 unspecified atom stereocenters. The second-order valence-electron chi connectivity index (χ2n) is 6.66. The summed E-state index contributed by atoms with van der Waals surface area (Å²) in [7, 11) is -1.86. The van der Waals surface area contributed by atoms with Gasteiger partial charge in [0.25, 0.3) is 0 Å². The molecule has 1 aliphatic carbocycles. The number of nitrogens with one attached hydrogen (secondary N) is 1. The number of hydrogen-bond acceptors (Lipinski definition) is 5. The third-order valence-corrected chi connectivity index (χ3v) is 7.11. The van der Waals surface area contributed by atoms with Crippen LogP contribution in [-0.4, -0.2) is 48.5 Å². The molecule has 6 nitrogen and oxygen atoms in total. The quantitative estimate of drug-likeness (QED) is 0.730. The third-order valence-electron chi connectivity index (χ3n) is 4.28. The molecule has 1 aliphatic rings. The van der Waals surface area contributed by atoms with Crippen LogP contribution in [0.1, 0.15) is 46.0 Å². The second-order valence-corrected chi connectivity index (χ2v) is 9.65. The van der Waals surface area contributed by atoms with E-state index in [0.29, 0.717) is 5.03 Å². The molecule has 0 bridgehead atoms. The van der Waals surface area contributed by atoms with Crippen LogP contribution >= 0.6 is 11.8 Å². The van der Waals surface area contributed by atoms with Crippen LogP contribution in [0, 0.1) is 0 Å². The summed E-state index contributed by atoms with van der Waals surface area (Å²) in [5.74, 6) is 0.203. The molecule has 0 saturated heterocycles. The van der Waals surface area contributed by atoms with E-state index in [1.165, 1.54) is 28.7 Å². The fraction of sp³-hybridized carbons (Fsp3) is 0.647. The number of pyridine rings is 1. The minimum atomic E-state index is -3.52. The molecule has 0 aromatic carbocycles. The summed E-state index contributed by atoms with van der Waals surface area (Å²) in [5.41, 5.74) is 0. The number of aromatic nitrogens is 1. The van der Waals surface area contributed by atoms with E-state index in [4.69, 9.17) is 0 Å². The van der Waals surface area contributed by atoms with Gasteiger partial charge in [0.1, 0.15) is 4.90 Å². The number of hydrogen-bond donors (Lipinski definition) is 1. The standard InChI is InChI=1S/C17H27N3O3S2/c1-13(2)19-16(21)12-24-17-10-9-15(11-18-17)25(22,23)20(3)14-7-5-4-6-8-14/h9-11,13-14H,4-8,12H2,1-3H3,(H,19,21). The van der Waals surface area contributed by atoms with Crippen molar-refractivity contribution in [1.82, 2.24) is 14.6 Å². The normalized spacial score (nSPS) is 16.4. The summed E-state index contributed by atoms with van der Waals surface area (Å²) in [6.07, 6.45) is 6.57. The molecule has 0 spiro atoms. The Morgan fingerprint density at radius 3 is 2.56 bits per heavy atom. The summed E-state index contributed by atoms with van der Waals surface area (Å²) >= 11 is 1.29. The lowest BCUT2D eigenvalue weighted by Crippen LogP contribution is -2.38. The van der Waals surface area contributed by atoms with Gasteiger partial charge in [-0.2, -0.15) is 4.31 Å². The number of sulfonamides is 1. The predicted octanol–water partition coefficient (Wildman–Crippen LogP) is 2.65. The maximum absolute atomic E-state index is 12.7. The van der Waals surface area contributed by atoms with Crippen molar-refractivity contribution in [2.75, 3.05) is 12.8 Å². The minimum absolute atomic E-state index is 0.0597. The van der Waals surface area contributed by atoms with Gasteiger partial charge in [-0.05, 0) is 38.8 Å². The van der Waals surface area contributed by atoms with Crippen LogP contribution in [0.15, 0.2) is 28.3 Å². The molecular formula is C17H27N3O3S2. The number of carbonyl (C=O) groups is 1. The van der Waals surface area contributed by atoms with Gasteiger partial charge in [-0.3, -0.25) is 4.79 Å². The van der Waals surface area contributed by atoms with Crippen LogP contribution < -0.4 is 5.32 Å². The average molecular weight is 386 g/mol. The van der Waals surface area contributed by atoms with Gasteiger partial charge in [-0.15, -0.1) is 0 Å². The zero-order valence-corrected chi connectivity index (χ0v) is 16.7. The van der Waals surface area contributed by atoms with E-state index in [0.717, 1.165) is 25.7 Å². The average Bonchev–Trinajstić information content (AvgIpc) is 2.60. The Labute approximate surface area is 154 Å². The molecule has 1 heterocycles. The molecule has 2 rings (SSSR count). The van der Waals surface area contributed by atoms with E-state index in [1.807, 2.05) is 13.8 Å². The van der Waals surface area contributed by atoms with Crippen molar-refractivity contribution in [3.8, 4) is 0 Å². The molecule has 1 aromatic rings. The fourth-order valence-corrected chi connectivity index (χ4v) is 4.93. The molecule has 0 radical (unpaired) electrons. The lowest BCUT2D eigenvalue weighted by molar-refractivity contribution is -0.119. The molecule has 0 aliphatic heterocycles. The number of rotatable bonds is 7. The maximum Gasteiger partial charge on any atom is 0.244 e. The van der Waals surface area contributed by atoms with Crippen molar-refractivity contribution in [2.45, 2.75) is 68.0 Å². The number of amides is 1. The van der Waals surface area contributed by atoms with Crippen molar-refractivity contribution in [3.05, 3.63) is 18.3 Å². The summed E-state index contributed by atoms with van der Waals surface area (Å²) < 4.78 is 27.0. The molecule has 1 aromatic heterocycles. The van der Waals surface area contributed by atoms with E-state index >= 15 is 0 Å². The van der Waals surface area contributed by atoms with Crippen molar-refractivity contribution >= 4 is 27.7 Å². The number of nitrogens with zero attached hydrogens (tertiary/aromatic N) is 2. The first kappa shape index (κ1) is 20.2. The van der Waals surface area contributed by atoms with Crippen molar-refractivity contribution in [1.29, 1.82) is 0 Å². The zero-order valence-electron chi connectivity index (χ0n) is 15.1. The Morgan fingerprint density at radius 1 is 1.32 bits per heavy atom. The SMILES string of the molecule is CC(C)NC(=O)CSc1ccc(S(=O)(=O)N(C)C2CCCCC2)cn1. The minimum Gasteiger partial charge on any atom is -0.353 e. The molecule has 25 heavy (non-hydrogen) atoms. The highest BCUT2D eigenvalue weighted by Crippen LogP contribution is 2.26. The van der Waals surface area contributed by atoms with Crippen molar-refractivity contribution in [2.24, 2.45) is 0 Å². The van der Waals surface area contributed by atoms with E-state index < -0.39 is 10.0 Å². The van der Waals surface area contributed by atoms with Gasteiger partial charge in [0.2, 0.25) is 15.9 Å². The largest absolute Gasteiger partial charge is 0.353 e. The number of carbonyl (C=O) groups excluding carboxylic acids is 1. The van der Waals surface area contributed by atoms with E-state index in [9.17, 15) is 13.2 Å². The van der Waals surface area contributed by atoms with Crippen LogP contribution in [0.3, 0.4) is 0 Å².